The number of carbonyl (C=O) groups excluding carboxylic acids is 1. The van der Waals surface area contributed by atoms with Gasteiger partial charge in [-0.05, 0) is 54.8 Å². The summed E-state index contributed by atoms with van der Waals surface area (Å²) >= 11 is 5.86. The fourth-order valence-electron chi connectivity index (χ4n) is 2.39. The molecule has 0 saturated carbocycles. The molecule has 5 nitrogen and oxygen atoms in total. The Morgan fingerprint density at radius 3 is 2.50 bits per heavy atom. The summed E-state index contributed by atoms with van der Waals surface area (Å²) in [7, 11) is 0. The number of nitrogens with zero attached hydrogens (tertiary/aromatic N) is 2. The lowest BCUT2D eigenvalue weighted by Crippen LogP contribution is -2.24. The molecule has 0 unspecified atom stereocenters. The summed E-state index contributed by atoms with van der Waals surface area (Å²) in [5.74, 6) is 0.311. The van der Waals surface area contributed by atoms with Crippen molar-refractivity contribution < 1.29 is 4.79 Å². The first-order chi connectivity index (χ1) is 12.5. The smallest absolute Gasteiger partial charge is 0.270 e. The van der Waals surface area contributed by atoms with Crippen LogP contribution in [0.5, 0.6) is 0 Å². The summed E-state index contributed by atoms with van der Waals surface area (Å²) in [6, 6.07) is 15.0. The van der Waals surface area contributed by atoms with E-state index in [2.05, 4.69) is 34.4 Å². The zero-order valence-electron chi connectivity index (χ0n) is 14.6. The van der Waals surface area contributed by atoms with Crippen LogP contribution < -0.4 is 10.6 Å². The number of hydrogen-bond donors (Lipinski definition) is 2. The lowest BCUT2D eigenvalue weighted by Gasteiger charge is -2.09. The number of carbonyl (C=O) groups is 1. The van der Waals surface area contributed by atoms with Crippen molar-refractivity contribution in [3.05, 3.63) is 82.3 Å². The van der Waals surface area contributed by atoms with Crippen LogP contribution in [-0.2, 0) is 6.54 Å². The standard InChI is InChI=1S/C20H19ClN4O/c1-13-3-8-17(9-14(13)2)25-19-10-18(23-12-24-19)20(26)22-11-15-4-6-16(21)7-5-15/h3-10,12H,11H2,1-2H3,(H,22,26)(H,23,24,25). The molecular weight excluding hydrogens is 348 g/mol. The van der Waals surface area contributed by atoms with Crippen molar-refractivity contribution >= 4 is 29.0 Å². The Bertz CT molecular complexity index is 925. The van der Waals surface area contributed by atoms with Gasteiger partial charge in [0.15, 0.2) is 0 Å². The van der Waals surface area contributed by atoms with Gasteiger partial charge < -0.3 is 10.6 Å². The maximum atomic E-state index is 12.3. The lowest BCUT2D eigenvalue weighted by molar-refractivity contribution is 0.0946. The van der Waals surface area contributed by atoms with Gasteiger partial charge in [-0.15, -0.1) is 0 Å². The molecule has 0 fully saturated rings. The highest BCUT2D eigenvalue weighted by molar-refractivity contribution is 6.30. The van der Waals surface area contributed by atoms with Crippen LogP contribution >= 0.6 is 11.6 Å². The van der Waals surface area contributed by atoms with Crippen molar-refractivity contribution in [3.8, 4) is 0 Å². The van der Waals surface area contributed by atoms with E-state index in [-0.39, 0.29) is 5.91 Å². The maximum Gasteiger partial charge on any atom is 0.270 e. The molecule has 0 spiro atoms. The zero-order valence-corrected chi connectivity index (χ0v) is 15.3. The van der Waals surface area contributed by atoms with Gasteiger partial charge in [0.25, 0.3) is 5.91 Å². The van der Waals surface area contributed by atoms with Gasteiger partial charge in [0.05, 0.1) is 0 Å². The molecule has 3 aromatic rings. The molecule has 0 aliphatic heterocycles. The molecule has 0 saturated heterocycles. The van der Waals surface area contributed by atoms with Gasteiger partial charge in [0, 0.05) is 23.3 Å². The van der Waals surface area contributed by atoms with Crippen LogP contribution in [0, 0.1) is 13.8 Å². The first kappa shape index (κ1) is 17.9. The van der Waals surface area contributed by atoms with E-state index >= 15 is 0 Å². The topological polar surface area (TPSA) is 66.9 Å². The molecule has 1 heterocycles. The minimum Gasteiger partial charge on any atom is -0.347 e. The Balaban J connectivity index is 1.66. The van der Waals surface area contributed by atoms with E-state index in [1.807, 2.05) is 30.3 Å². The van der Waals surface area contributed by atoms with Crippen LogP contribution in [0.4, 0.5) is 11.5 Å². The summed E-state index contributed by atoms with van der Waals surface area (Å²) < 4.78 is 0. The van der Waals surface area contributed by atoms with Gasteiger partial charge in [0.2, 0.25) is 0 Å². The van der Waals surface area contributed by atoms with Crippen LogP contribution in [-0.4, -0.2) is 15.9 Å². The average Bonchev–Trinajstić information content (AvgIpc) is 2.64. The van der Waals surface area contributed by atoms with Gasteiger partial charge in [-0.25, -0.2) is 9.97 Å². The molecule has 1 amide bonds. The molecule has 0 aliphatic rings. The molecule has 0 bridgehead atoms. The maximum absolute atomic E-state index is 12.3. The van der Waals surface area contributed by atoms with E-state index in [1.54, 1.807) is 18.2 Å². The minimum atomic E-state index is -0.259. The predicted octanol–water partition coefficient (Wildman–Crippen LogP) is 4.42. The molecule has 0 radical (unpaired) electrons. The number of aromatic nitrogens is 2. The molecule has 2 aromatic carbocycles. The van der Waals surface area contributed by atoms with E-state index in [0.717, 1.165) is 11.3 Å². The highest BCUT2D eigenvalue weighted by Gasteiger charge is 2.09. The molecular formula is C20H19ClN4O. The van der Waals surface area contributed by atoms with Gasteiger partial charge in [0.1, 0.15) is 17.8 Å². The number of nitrogens with one attached hydrogen (secondary N) is 2. The van der Waals surface area contributed by atoms with Crippen LogP contribution in [0.1, 0.15) is 27.2 Å². The number of hydrogen-bond acceptors (Lipinski definition) is 4. The zero-order chi connectivity index (χ0) is 18.5. The quantitative estimate of drug-likeness (QED) is 0.701. The second-order valence-electron chi connectivity index (χ2n) is 6.02. The summed E-state index contributed by atoms with van der Waals surface area (Å²) in [6.07, 6.45) is 1.38. The molecule has 2 N–H and O–H groups in total. The first-order valence-corrected chi connectivity index (χ1v) is 8.58. The van der Waals surface area contributed by atoms with E-state index in [4.69, 9.17) is 11.6 Å². The van der Waals surface area contributed by atoms with Crippen molar-refractivity contribution in [1.82, 2.24) is 15.3 Å². The van der Waals surface area contributed by atoms with Gasteiger partial charge in [-0.3, -0.25) is 4.79 Å². The summed E-state index contributed by atoms with van der Waals surface area (Å²) in [5, 5.41) is 6.71. The fourth-order valence-corrected chi connectivity index (χ4v) is 2.52. The van der Waals surface area contributed by atoms with E-state index in [0.29, 0.717) is 23.1 Å². The molecule has 0 atom stereocenters. The summed E-state index contributed by atoms with van der Waals surface area (Å²) in [4.78, 5) is 20.6. The summed E-state index contributed by atoms with van der Waals surface area (Å²) in [6.45, 7) is 4.52. The van der Waals surface area contributed by atoms with Gasteiger partial charge in [-0.2, -0.15) is 0 Å². The Labute approximate surface area is 157 Å². The van der Waals surface area contributed by atoms with Gasteiger partial charge in [-0.1, -0.05) is 29.8 Å². The number of anilines is 2. The third-order valence-electron chi connectivity index (χ3n) is 4.05. The van der Waals surface area contributed by atoms with Crippen LogP contribution in [0.2, 0.25) is 5.02 Å². The first-order valence-electron chi connectivity index (χ1n) is 8.20. The fraction of sp³-hybridized carbons (Fsp3) is 0.150. The molecule has 3 rings (SSSR count). The number of aryl methyl sites for hydroxylation is 2. The highest BCUT2D eigenvalue weighted by atomic mass is 35.5. The van der Waals surface area contributed by atoms with Crippen molar-refractivity contribution in [3.63, 3.8) is 0 Å². The van der Waals surface area contributed by atoms with E-state index in [9.17, 15) is 4.79 Å². The Morgan fingerprint density at radius 1 is 1.00 bits per heavy atom. The SMILES string of the molecule is Cc1ccc(Nc2cc(C(=O)NCc3ccc(Cl)cc3)ncn2)cc1C. The third-order valence-corrected chi connectivity index (χ3v) is 4.30. The minimum absolute atomic E-state index is 0.259. The number of rotatable bonds is 5. The second kappa shape index (κ2) is 7.97. The Kier molecular flexibility index (Phi) is 5.49. The van der Waals surface area contributed by atoms with E-state index < -0.39 is 0 Å². The Hall–Kier alpha value is -2.92. The van der Waals surface area contributed by atoms with Crippen molar-refractivity contribution in [2.24, 2.45) is 0 Å². The monoisotopic (exact) mass is 366 g/mol. The number of halogens is 1. The highest BCUT2D eigenvalue weighted by Crippen LogP contribution is 2.18. The molecule has 0 aliphatic carbocycles. The van der Waals surface area contributed by atoms with Crippen LogP contribution in [0.3, 0.4) is 0 Å². The molecule has 6 heteroatoms. The molecule has 1 aromatic heterocycles. The van der Waals surface area contributed by atoms with Gasteiger partial charge >= 0.3 is 0 Å². The number of amides is 1. The second-order valence-corrected chi connectivity index (χ2v) is 6.46. The van der Waals surface area contributed by atoms with E-state index in [1.165, 1.54) is 17.5 Å². The van der Waals surface area contributed by atoms with Crippen molar-refractivity contribution in [1.29, 1.82) is 0 Å². The van der Waals surface area contributed by atoms with Crippen LogP contribution in [0.15, 0.2) is 54.9 Å². The molecule has 132 valence electrons. The van der Waals surface area contributed by atoms with Crippen molar-refractivity contribution in [2.45, 2.75) is 20.4 Å². The Morgan fingerprint density at radius 2 is 1.77 bits per heavy atom. The van der Waals surface area contributed by atoms with Crippen LogP contribution in [0.25, 0.3) is 0 Å². The average molecular weight is 367 g/mol. The lowest BCUT2D eigenvalue weighted by atomic mass is 10.1. The number of benzene rings is 2. The summed E-state index contributed by atoms with van der Waals surface area (Å²) in [5.41, 5.74) is 4.59. The normalized spacial score (nSPS) is 10.4. The van der Waals surface area contributed by atoms with Crippen molar-refractivity contribution in [2.75, 3.05) is 5.32 Å². The largest absolute Gasteiger partial charge is 0.347 e. The third kappa shape index (κ3) is 4.58. The molecule has 26 heavy (non-hydrogen) atoms. The predicted molar refractivity (Wildman–Crippen MR) is 104 cm³/mol.